The number of rotatable bonds is 5. The number of carboxylic acid groups (broad SMARTS) is 1. The second kappa shape index (κ2) is 5.73. The number of hydrogen-bond donors (Lipinski definition) is 1. The van der Waals surface area contributed by atoms with E-state index in [-0.39, 0.29) is 10.5 Å². The van der Waals surface area contributed by atoms with Crippen molar-refractivity contribution in [2.75, 3.05) is 7.05 Å². The van der Waals surface area contributed by atoms with Gasteiger partial charge in [0.2, 0.25) is 10.0 Å². The van der Waals surface area contributed by atoms with Crippen molar-refractivity contribution in [1.82, 2.24) is 4.31 Å². The minimum absolute atomic E-state index is 0.0174. The lowest BCUT2D eigenvalue weighted by atomic mass is 10.0. The molecule has 0 aliphatic rings. The van der Waals surface area contributed by atoms with Crippen LogP contribution in [0.25, 0.3) is 0 Å². The number of hydrogen-bond acceptors (Lipinski definition) is 3. The van der Waals surface area contributed by atoms with E-state index in [1.165, 1.54) is 18.3 Å². The Kier molecular flexibility index (Phi) is 4.80. The van der Waals surface area contributed by atoms with Crippen LogP contribution >= 0.6 is 0 Å². The summed E-state index contributed by atoms with van der Waals surface area (Å²) in [5.74, 6) is -2.41. The lowest BCUT2D eigenvalue weighted by Crippen LogP contribution is -2.44. The summed E-state index contributed by atoms with van der Waals surface area (Å²) < 4.78 is 40.1. The van der Waals surface area contributed by atoms with Gasteiger partial charge in [-0.15, -0.1) is 0 Å². The predicted molar refractivity (Wildman–Crippen MR) is 77.4 cm³/mol. The molecule has 0 radical (unpaired) electrons. The zero-order valence-corrected chi connectivity index (χ0v) is 13.6. The maximum atomic E-state index is 13.7. The molecule has 0 spiro atoms. The molecule has 0 amide bonds. The van der Waals surface area contributed by atoms with Gasteiger partial charge in [-0.05, 0) is 44.9 Å². The predicted octanol–water partition coefficient (Wildman–Crippen LogP) is 2.64. The van der Waals surface area contributed by atoms with Crippen molar-refractivity contribution in [3.05, 3.63) is 29.1 Å². The average Bonchev–Trinajstić information content (AvgIpc) is 2.40. The molecule has 0 saturated carbocycles. The molecule has 0 heterocycles. The molecule has 21 heavy (non-hydrogen) atoms. The van der Waals surface area contributed by atoms with Gasteiger partial charge in [0.15, 0.2) is 0 Å². The van der Waals surface area contributed by atoms with Crippen LogP contribution in [0.15, 0.2) is 17.0 Å². The summed E-state index contributed by atoms with van der Waals surface area (Å²) in [7, 11) is -2.47. The maximum Gasteiger partial charge on any atom is 0.338 e. The molecule has 5 nitrogen and oxygen atoms in total. The summed E-state index contributed by atoms with van der Waals surface area (Å²) in [6, 6.07) is 2.02. The Labute approximate surface area is 124 Å². The van der Waals surface area contributed by atoms with Gasteiger partial charge in [0.05, 0.1) is 10.5 Å². The molecule has 0 fully saturated rings. The summed E-state index contributed by atoms with van der Waals surface area (Å²) >= 11 is 0. The van der Waals surface area contributed by atoms with Crippen LogP contribution in [0.1, 0.15) is 43.1 Å². The highest BCUT2D eigenvalue weighted by molar-refractivity contribution is 7.89. The third-order valence-corrected chi connectivity index (χ3v) is 5.88. The van der Waals surface area contributed by atoms with E-state index in [0.29, 0.717) is 6.42 Å². The van der Waals surface area contributed by atoms with Crippen LogP contribution in [-0.2, 0) is 10.0 Å². The number of nitrogens with zero attached hydrogens (tertiary/aromatic N) is 1. The van der Waals surface area contributed by atoms with E-state index in [9.17, 15) is 17.6 Å². The van der Waals surface area contributed by atoms with Gasteiger partial charge in [-0.2, -0.15) is 4.31 Å². The smallest absolute Gasteiger partial charge is 0.338 e. The number of halogens is 1. The number of carboxylic acids is 1. The normalized spacial score (nSPS) is 12.7. The minimum atomic E-state index is -3.90. The topological polar surface area (TPSA) is 74.7 Å². The molecule has 0 aliphatic carbocycles. The fourth-order valence-corrected chi connectivity index (χ4v) is 3.44. The number of benzene rings is 1. The zero-order chi connectivity index (χ0) is 16.6. The zero-order valence-electron chi connectivity index (χ0n) is 12.8. The van der Waals surface area contributed by atoms with Crippen LogP contribution in [0.5, 0.6) is 0 Å². The van der Waals surface area contributed by atoms with Crippen molar-refractivity contribution in [1.29, 1.82) is 0 Å². The van der Waals surface area contributed by atoms with Crippen LogP contribution < -0.4 is 0 Å². The molecule has 0 atom stereocenters. The van der Waals surface area contributed by atoms with Gasteiger partial charge in [0, 0.05) is 12.6 Å². The lowest BCUT2D eigenvalue weighted by molar-refractivity contribution is 0.0691. The highest BCUT2D eigenvalue weighted by Crippen LogP contribution is 2.27. The van der Waals surface area contributed by atoms with E-state index in [0.717, 1.165) is 12.1 Å². The molecule has 0 unspecified atom stereocenters. The Morgan fingerprint density at radius 1 is 1.38 bits per heavy atom. The first-order valence-electron chi connectivity index (χ1n) is 6.47. The molecule has 118 valence electrons. The van der Waals surface area contributed by atoms with Crippen molar-refractivity contribution < 1.29 is 22.7 Å². The SMILES string of the molecule is CCC(C)(C)N(C)S(=O)(=O)c1cc(C)c(F)c(C(=O)O)c1. The molecule has 0 bridgehead atoms. The summed E-state index contributed by atoms with van der Waals surface area (Å²) in [5, 5.41) is 8.98. The Bertz CT molecular complexity index is 668. The molecule has 0 saturated heterocycles. The fraction of sp³-hybridized carbons (Fsp3) is 0.500. The molecule has 0 aromatic heterocycles. The van der Waals surface area contributed by atoms with Gasteiger partial charge in [-0.1, -0.05) is 6.92 Å². The first-order valence-corrected chi connectivity index (χ1v) is 7.91. The van der Waals surface area contributed by atoms with E-state index < -0.39 is 32.9 Å². The molecule has 7 heteroatoms. The first kappa shape index (κ1) is 17.6. The quantitative estimate of drug-likeness (QED) is 0.906. The van der Waals surface area contributed by atoms with Crippen LogP contribution in [0.3, 0.4) is 0 Å². The van der Waals surface area contributed by atoms with Gasteiger partial charge in [0.25, 0.3) is 0 Å². The van der Waals surface area contributed by atoms with Crippen LogP contribution in [0, 0.1) is 12.7 Å². The summed E-state index contributed by atoms with van der Waals surface area (Å²) in [6.45, 7) is 6.72. The van der Waals surface area contributed by atoms with Gasteiger partial charge in [0.1, 0.15) is 5.82 Å². The lowest BCUT2D eigenvalue weighted by Gasteiger charge is -2.33. The number of carbonyl (C=O) groups is 1. The first-order chi connectivity index (χ1) is 9.45. The van der Waals surface area contributed by atoms with E-state index >= 15 is 0 Å². The second-order valence-electron chi connectivity index (χ2n) is 5.55. The summed E-state index contributed by atoms with van der Waals surface area (Å²) in [5.41, 5.74) is -1.29. The Hall–Kier alpha value is -1.47. The molecule has 1 rings (SSSR count). The van der Waals surface area contributed by atoms with Gasteiger partial charge >= 0.3 is 5.97 Å². The van der Waals surface area contributed by atoms with E-state index in [1.807, 2.05) is 6.92 Å². The van der Waals surface area contributed by atoms with Crippen LogP contribution in [0.4, 0.5) is 4.39 Å². The third kappa shape index (κ3) is 3.24. The number of aryl methyl sites for hydroxylation is 1. The largest absolute Gasteiger partial charge is 0.478 e. The van der Waals surface area contributed by atoms with Crippen LogP contribution in [0.2, 0.25) is 0 Å². The van der Waals surface area contributed by atoms with Crippen molar-refractivity contribution in [2.45, 2.75) is 44.6 Å². The number of aromatic carboxylic acids is 1. The van der Waals surface area contributed by atoms with Crippen molar-refractivity contribution in [2.24, 2.45) is 0 Å². The average molecular weight is 317 g/mol. The fourth-order valence-electron chi connectivity index (χ4n) is 1.75. The van der Waals surface area contributed by atoms with Crippen molar-refractivity contribution >= 4 is 16.0 Å². The highest BCUT2D eigenvalue weighted by atomic mass is 32.2. The molecule has 1 aromatic rings. The standard InChI is InChI=1S/C14H20FNO4S/c1-6-14(3,4)16(5)21(19,20)10-7-9(2)12(15)11(8-10)13(17)18/h7-8H,6H2,1-5H3,(H,17,18). The molecular formula is C14H20FNO4S. The Balaban J connectivity index is 3.50. The van der Waals surface area contributed by atoms with E-state index in [4.69, 9.17) is 5.11 Å². The van der Waals surface area contributed by atoms with Gasteiger partial charge < -0.3 is 5.11 Å². The second-order valence-corrected chi connectivity index (χ2v) is 7.51. The molecular weight excluding hydrogens is 297 g/mol. The van der Waals surface area contributed by atoms with E-state index in [2.05, 4.69) is 0 Å². The molecule has 1 N–H and O–H groups in total. The van der Waals surface area contributed by atoms with Crippen molar-refractivity contribution in [3.8, 4) is 0 Å². The summed E-state index contributed by atoms with van der Waals surface area (Å²) in [6.07, 6.45) is 0.578. The Morgan fingerprint density at radius 2 is 1.90 bits per heavy atom. The van der Waals surface area contributed by atoms with Gasteiger partial charge in [-0.25, -0.2) is 17.6 Å². The van der Waals surface area contributed by atoms with Crippen LogP contribution in [-0.4, -0.2) is 36.4 Å². The highest BCUT2D eigenvalue weighted by Gasteiger charge is 2.33. The maximum absolute atomic E-state index is 13.7. The number of sulfonamides is 1. The minimum Gasteiger partial charge on any atom is -0.478 e. The molecule has 0 aliphatic heterocycles. The Morgan fingerprint density at radius 3 is 2.33 bits per heavy atom. The summed E-state index contributed by atoms with van der Waals surface area (Å²) in [4.78, 5) is 10.8. The monoisotopic (exact) mass is 317 g/mol. The molecule has 1 aromatic carbocycles. The van der Waals surface area contributed by atoms with Gasteiger partial charge in [-0.3, -0.25) is 0 Å². The third-order valence-electron chi connectivity index (χ3n) is 3.83. The van der Waals surface area contributed by atoms with E-state index in [1.54, 1.807) is 13.8 Å². The van der Waals surface area contributed by atoms with Crippen molar-refractivity contribution in [3.63, 3.8) is 0 Å².